The van der Waals surface area contributed by atoms with Crippen LogP contribution in [0.5, 0.6) is 5.75 Å². The van der Waals surface area contributed by atoms with E-state index in [9.17, 15) is 18.3 Å². The molecule has 7 heteroatoms. The smallest absolute Gasteiger partial charge is 0.239 e. The van der Waals surface area contributed by atoms with Crippen LogP contribution in [0.1, 0.15) is 5.56 Å². The second-order valence-corrected chi connectivity index (χ2v) is 7.71. The molecule has 0 aliphatic rings. The number of amides is 1. The third kappa shape index (κ3) is 4.85. The van der Waals surface area contributed by atoms with Crippen LogP contribution < -0.4 is 5.32 Å². The van der Waals surface area contributed by atoms with Gasteiger partial charge in [-0.1, -0.05) is 40.2 Å². The average molecular weight is 384 g/mol. The lowest BCUT2D eigenvalue weighted by atomic mass is 10.2. The number of halogens is 1. The van der Waals surface area contributed by atoms with Crippen molar-refractivity contribution in [1.82, 2.24) is 0 Å². The van der Waals surface area contributed by atoms with E-state index >= 15 is 0 Å². The second kappa shape index (κ2) is 6.93. The molecule has 0 radical (unpaired) electrons. The van der Waals surface area contributed by atoms with E-state index in [0.29, 0.717) is 5.56 Å². The first-order valence-electron chi connectivity index (χ1n) is 6.38. The van der Waals surface area contributed by atoms with Crippen LogP contribution in [0.4, 0.5) is 5.69 Å². The number of para-hydroxylation sites is 2. The van der Waals surface area contributed by atoms with Gasteiger partial charge in [0.05, 0.1) is 11.4 Å². The molecule has 0 saturated carbocycles. The SMILES string of the molecule is O=C(CS(=O)(=O)Cc1cccc(Br)c1)Nc1ccccc1O. The molecule has 5 nitrogen and oxygen atoms in total. The number of carbonyl (C=O) groups excluding carboxylic acids is 1. The van der Waals surface area contributed by atoms with Crippen molar-refractivity contribution in [2.75, 3.05) is 11.1 Å². The van der Waals surface area contributed by atoms with Crippen molar-refractivity contribution in [2.24, 2.45) is 0 Å². The van der Waals surface area contributed by atoms with Crippen molar-refractivity contribution in [1.29, 1.82) is 0 Å². The molecule has 0 saturated heterocycles. The largest absolute Gasteiger partial charge is 0.506 e. The summed E-state index contributed by atoms with van der Waals surface area (Å²) in [7, 11) is -3.60. The predicted octanol–water partition coefficient (Wildman–Crippen LogP) is 2.71. The summed E-state index contributed by atoms with van der Waals surface area (Å²) in [5.41, 5.74) is 0.787. The Morgan fingerprint density at radius 2 is 1.86 bits per heavy atom. The minimum absolute atomic E-state index is 0.111. The van der Waals surface area contributed by atoms with E-state index in [2.05, 4.69) is 21.2 Å². The van der Waals surface area contributed by atoms with Gasteiger partial charge in [0.2, 0.25) is 5.91 Å². The normalized spacial score (nSPS) is 11.1. The Bertz CT molecular complexity index is 790. The quantitative estimate of drug-likeness (QED) is 0.777. The number of aromatic hydroxyl groups is 1. The van der Waals surface area contributed by atoms with Crippen LogP contribution in [0.2, 0.25) is 0 Å². The summed E-state index contributed by atoms with van der Waals surface area (Å²) in [5.74, 6) is -1.66. The van der Waals surface area contributed by atoms with Gasteiger partial charge in [-0.05, 0) is 29.8 Å². The molecule has 0 spiro atoms. The predicted molar refractivity (Wildman–Crippen MR) is 88.4 cm³/mol. The lowest BCUT2D eigenvalue weighted by Gasteiger charge is -2.08. The van der Waals surface area contributed by atoms with Gasteiger partial charge in [-0.2, -0.15) is 0 Å². The van der Waals surface area contributed by atoms with Gasteiger partial charge in [0, 0.05) is 4.47 Å². The summed E-state index contributed by atoms with van der Waals surface area (Å²) in [6.45, 7) is 0. The van der Waals surface area contributed by atoms with Crippen LogP contribution >= 0.6 is 15.9 Å². The molecular weight excluding hydrogens is 370 g/mol. The fourth-order valence-electron chi connectivity index (χ4n) is 1.90. The van der Waals surface area contributed by atoms with Crippen molar-refractivity contribution in [3.63, 3.8) is 0 Å². The maximum atomic E-state index is 12.1. The summed E-state index contributed by atoms with van der Waals surface area (Å²) in [6.07, 6.45) is 0. The van der Waals surface area contributed by atoms with Gasteiger partial charge in [0.15, 0.2) is 9.84 Å². The van der Waals surface area contributed by atoms with E-state index in [-0.39, 0.29) is 17.2 Å². The number of benzene rings is 2. The maximum absolute atomic E-state index is 12.1. The number of rotatable bonds is 5. The van der Waals surface area contributed by atoms with Crippen LogP contribution in [0.25, 0.3) is 0 Å². The van der Waals surface area contributed by atoms with E-state index in [1.54, 1.807) is 36.4 Å². The number of carbonyl (C=O) groups is 1. The number of hydrogen-bond donors (Lipinski definition) is 2. The third-order valence-corrected chi connectivity index (χ3v) is 4.77. The van der Waals surface area contributed by atoms with Gasteiger partial charge < -0.3 is 10.4 Å². The molecule has 116 valence electrons. The molecule has 0 fully saturated rings. The average Bonchev–Trinajstić information content (AvgIpc) is 2.40. The highest BCUT2D eigenvalue weighted by molar-refractivity contribution is 9.10. The minimum atomic E-state index is -3.60. The van der Waals surface area contributed by atoms with Crippen molar-refractivity contribution in [2.45, 2.75) is 5.75 Å². The Balaban J connectivity index is 2.02. The Hall–Kier alpha value is -1.86. The van der Waals surface area contributed by atoms with Gasteiger partial charge in [-0.25, -0.2) is 8.42 Å². The van der Waals surface area contributed by atoms with Crippen molar-refractivity contribution >= 4 is 37.4 Å². The molecule has 0 bridgehead atoms. The Kier molecular flexibility index (Phi) is 5.20. The number of hydrogen-bond acceptors (Lipinski definition) is 4. The Morgan fingerprint density at radius 3 is 2.55 bits per heavy atom. The molecule has 2 aromatic carbocycles. The van der Waals surface area contributed by atoms with E-state index in [0.717, 1.165) is 4.47 Å². The summed E-state index contributed by atoms with van der Waals surface area (Å²) in [5, 5.41) is 11.9. The second-order valence-electron chi connectivity index (χ2n) is 4.73. The van der Waals surface area contributed by atoms with E-state index < -0.39 is 21.5 Å². The molecular formula is C15H14BrNO4S. The molecule has 22 heavy (non-hydrogen) atoms. The highest BCUT2D eigenvalue weighted by Crippen LogP contribution is 2.21. The van der Waals surface area contributed by atoms with Crippen LogP contribution in [0.15, 0.2) is 53.0 Å². The zero-order valence-corrected chi connectivity index (χ0v) is 13.9. The lowest BCUT2D eigenvalue weighted by molar-refractivity contribution is -0.113. The Morgan fingerprint density at radius 1 is 1.14 bits per heavy atom. The molecule has 2 rings (SSSR count). The van der Waals surface area contributed by atoms with Gasteiger partial charge in [0.1, 0.15) is 11.5 Å². The van der Waals surface area contributed by atoms with Crippen LogP contribution in [0, 0.1) is 0 Å². The van der Waals surface area contributed by atoms with Crippen LogP contribution in [-0.4, -0.2) is 25.2 Å². The highest BCUT2D eigenvalue weighted by Gasteiger charge is 2.18. The molecule has 0 heterocycles. The summed E-state index contributed by atoms with van der Waals surface area (Å²) < 4.78 is 24.9. The number of nitrogens with one attached hydrogen (secondary N) is 1. The molecule has 2 aromatic rings. The molecule has 0 unspecified atom stereocenters. The topological polar surface area (TPSA) is 83.5 Å². The first-order chi connectivity index (χ1) is 10.4. The molecule has 0 aliphatic heterocycles. The summed E-state index contributed by atoms with van der Waals surface area (Å²) in [4.78, 5) is 11.8. The van der Waals surface area contributed by atoms with Crippen molar-refractivity contribution < 1.29 is 18.3 Å². The first kappa shape index (κ1) is 16.5. The van der Waals surface area contributed by atoms with Crippen molar-refractivity contribution in [3.8, 4) is 5.75 Å². The molecule has 1 amide bonds. The number of anilines is 1. The standard InChI is InChI=1S/C15H14BrNO4S/c16-12-5-3-4-11(8-12)9-22(20,21)10-15(19)17-13-6-1-2-7-14(13)18/h1-8,18H,9-10H2,(H,17,19). The number of sulfone groups is 1. The molecule has 0 aliphatic carbocycles. The minimum Gasteiger partial charge on any atom is -0.506 e. The molecule has 0 atom stereocenters. The zero-order chi connectivity index (χ0) is 16.2. The fourth-order valence-corrected chi connectivity index (χ4v) is 3.60. The van der Waals surface area contributed by atoms with E-state index in [1.165, 1.54) is 12.1 Å². The lowest BCUT2D eigenvalue weighted by Crippen LogP contribution is -2.24. The molecule has 0 aromatic heterocycles. The summed E-state index contributed by atoms with van der Waals surface area (Å²) >= 11 is 3.27. The first-order valence-corrected chi connectivity index (χ1v) is 9.00. The van der Waals surface area contributed by atoms with Crippen molar-refractivity contribution in [3.05, 3.63) is 58.6 Å². The van der Waals surface area contributed by atoms with Gasteiger partial charge >= 0.3 is 0 Å². The third-order valence-electron chi connectivity index (χ3n) is 2.80. The van der Waals surface area contributed by atoms with Gasteiger partial charge in [-0.3, -0.25) is 4.79 Å². The van der Waals surface area contributed by atoms with Crippen LogP contribution in [0.3, 0.4) is 0 Å². The molecule has 2 N–H and O–H groups in total. The van der Waals surface area contributed by atoms with Crippen LogP contribution in [-0.2, 0) is 20.4 Å². The number of phenolic OH excluding ortho intramolecular Hbond substituents is 1. The number of phenols is 1. The van der Waals surface area contributed by atoms with Gasteiger partial charge in [0.25, 0.3) is 0 Å². The fraction of sp³-hybridized carbons (Fsp3) is 0.133. The Labute approximate surface area is 137 Å². The monoisotopic (exact) mass is 383 g/mol. The maximum Gasteiger partial charge on any atom is 0.239 e. The van der Waals surface area contributed by atoms with E-state index in [1.807, 2.05) is 0 Å². The highest BCUT2D eigenvalue weighted by atomic mass is 79.9. The summed E-state index contributed by atoms with van der Waals surface area (Å²) in [6, 6.07) is 13.0. The van der Waals surface area contributed by atoms with Gasteiger partial charge in [-0.15, -0.1) is 0 Å². The zero-order valence-electron chi connectivity index (χ0n) is 11.5. The van der Waals surface area contributed by atoms with E-state index in [4.69, 9.17) is 0 Å².